The van der Waals surface area contributed by atoms with Gasteiger partial charge in [0.1, 0.15) is 0 Å². The summed E-state index contributed by atoms with van der Waals surface area (Å²) in [6.45, 7) is 15.4. The molecule has 1 aromatic carbocycles. The Hall–Kier alpha value is -1.06. The summed E-state index contributed by atoms with van der Waals surface area (Å²) in [5, 5.41) is 0. The summed E-state index contributed by atoms with van der Waals surface area (Å²) in [5.41, 5.74) is 2.73. The zero-order chi connectivity index (χ0) is 14.8. The molecule has 0 aromatic heterocycles. The fraction of sp³-hybridized carbons (Fsp3) is 0.667. The number of anilines is 1. The van der Waals surface area contributed by atoms with E-state index in [0.29, 0.717) is 0 Å². The fourth-order valence-electron chi connectivity index (χ4n) is 3.46. The molecular formula is C18H29N3. The van der Waals surface area contributed by atoms with Gasteiger partial charge in [-0.25, -0.2) is 0 Å². The van der Waals surface area contributed by atoms with Crippen molar-refractivity contribution < 1.29 is 0 Å². The highest BCUT2D eigenvalue weighted by molar-refractivity contribution is 5.47. The van der Waals surface area contributed by atoms with Gasteiger partial charge in [0.05, 0.1) is 0 Å². The van der Waals surface area contributed by atoms with Gasteiger partial charge in [-0.15, -0.1) is 0 Å². The predicted octanol–water partition coefficient (Wildman–Crippen LogP) is 2.46. The van der Waals surface area contributed by atoms with Gasteiger partial charge in [-0.2, -0.15) is 0 Å². The van der Waals surface area contributed by atoms with Crippen LogP contribution < -0.4 is 4.90 Å². The Kier molecular flexibility index (Phi) is 4.51. The second-order valence-corrected chi connectivity index (χ2v) is 7.04. The van der Waals surface area contributed by atoms with Crippen LogP contribution in [0.3, 0.4) is 0 Å². The molecule has 0 saturated carbocycles. The summed E-state index contributed by atoms with van der Waals surface area (Å²) in [5.74, 6) is 0.901. The minimum absolute atomic E-state index is 0.722. The zero-order valence-electron chi connectivity index (χ0n) is 13.8. The van der Waals surface area contributed by atoms with E-state index in [1.165, 1.54) is 57.1 Å². The Morgan fingerprint density at radius 1 is 1.00 bits per heavy atom. The Bertz CT molecular complexity index is 440. The lowest BCUT2D eigenvalue weighted by Crippen LogP contribution is -2.56. The van der Waals surface area contributed by atoms with Crippen molar-refractivity contribution in [2.45, 2.75) is 26.8 Å². The molecule has 3 nitrogen and oxygen atoms in total. The van der Waals surface area contributed by atoms with Crippen molar-refractivity contribution in [1.82, 2.24) is 9.80 Å². The zero-order valence-corrected chi connectivity index (χ0v) is 13.8. The second kappa shape index (κ2) is 6.37. The fourth-order valence-corrected chi connectivity index (χ4v) is 3.46. The Morgan fingerprint density at radius 2 is 1.62 bits per heavy atom. The number of benzene rings is 1. The van der Waals surface area contributed by atoms with Crippen LogP contribution in [0.2, 0.25) is 0 Å². The molecule has 3 rings (SSSR count). The van der Waals surface area contributed by atoms with Crippen LogP contribution >= 0.6 is 0 Å². The average molecular weight is 287 g/mol. The molecule has 0 aliphatic carbocycles. The lowest BCUT2D eigenvalue weighted by Gasteiger charge is -2.45. The maximum absolute atomic E-state index is 2.66. The lowest BCUT2D eigenvalue weighted by molar-refractivity contribution is 0.0411. The van der Waals surface area contributed by atoms with Crippen molar-refractivity contribution in [3.05, 3.63) is 29.8 Å². The van der Waals surface area contributed by atoms with Gasteiger partial charge in [-0.3, -0.25) is 4.90 Å². The highest BCUT2D eigenvalue weighted by Gasteiger charge is 2.30. The normalized spacial score (nSPS) is 21.8. The van der Waals surface area contributed by atoms with E-state index in [0.717, 1.165) is 12.0 Å². The van der Waals surface area contributed by atoms with E-state index in [-0.39, 0.29) is 0 Å². The molecule has 116 valence electrons. The van der Waals surface area contributed by atoms with Crippen LogP contribution in [0.4, 0.5) is 5.69 Å². The third-order valence-corrected chi connectivity index (χ3v) is 5.00. The smallest absolute Gasteiger partial charge is 0.0367 e. The largest absolute Gasteiger partial charge is 0.369 e. The van der Waals surface area contributed by atoms with E-state index >= 15 is 0 Å². The first-order valence-electron chi connectivity index (χ1n) is 8.40. The van der Waals surface area contributed by atoms with Crippen LogP contribution in [-0.2, 0) is 0 Å². The molecule has 0 spiro atoms. The molecule has 2 aliphatic heterocycles. The van der Waals surface area contributed by atoms with Gasteiger partial charge in [-0.1, -0.05) is 17.7 Å². The number of piperazine rings is 1. The third-order valence-electron chi connectivity index (χ3n) is 5.00. The van der Waals surface area contributed by atoms with Crippen molar-refractivity contribution in [2.24, 2.45) is 5.92 Å². The Balaban J connectivity index is 1.42. The number of hydrogen-bond acceptors (Lipinski definition) is 3. The summed E-state index contributed by atoms with van der Waals surface area (Å²) >= 11 is 0. The van der Waals surface area contributed by atoms with Crippen molar-refractivity contribution >= 4 is 5.69 Å². The van der Waals surface area contributed by atoms with Crippen LogP contribution in [0.15, 0.2) is 24.3 Å². The molecule has 0 radical (unpaired) electrons. The van der Waals surface area contributed by atoms with Crippen LogP contribution in [0.1, 0.15) is 19.4 Å². The number of rotatable bonds is 4. The first-order chi connectivity index (χ1) is 10.1. The first kappa shape index (κ1) is 14.9. The monoisotopic (exact) mass is 287 g/mol. The minimum Gasteiger partial charge on any atom is -0.369 e. The molecule has 21 heavy (non-hydrogen) atoms. The van der Waals surface area contributed by atoms with E-state index in [4.69, 9.17) is 0 Å². The van der Waals surface area contributed by atoms with Crippen molar-refractivity contribution in [3.63, 3.8) is 0 Å². The molecule has 0 N–H and O–H groups in total. The topological polar surface area (TPSA) is 9.72 Å². The Morgan fingerprint density at radius 3 is 2.19 bits per heavy atom. The number of aryl methyl sites for hydroxylation is 1. The van der Waals surface area contributed by atoms with Gasteiger partial charge in [0.2, 0.25) is 0 Å². The third kappa shape index (κ3) is 3.58. The van der Waals surface area contributed by atoms with Crippen molar-refractivity contribution in [3.8, 4) is 0 Å². The molecule has 0 bridgehead atoms. The van der Waals surface area contributed by atoms with Gasteiger partial charge < -0.3 is 9.80 Å². The average Bonchev–Trinajstić information content (AvgIpc) is 2.43. The summed E-state index contributed by atoms with van der Waals surface area (Å²) in [4.78, 5) is 7.76. The van der Waals surface area contributed by atoms with Gasteiger partial charge in [0.25, 0.3) is 0 Å². The standard InChI is InChI=1S/C18H29N3/c1-15(2)21-13-17(14-21)12-19-8-10-20(11-9-19)18-6-4-16(3)5-7-18/h4-7,15,17H,8-14H2,1-3H3. The summed E-state index contributed by atoms with van der Waals surface area (Å²) in [6, 6.07) is 9.68. The van der Waals surface area contributed by atoms with Crippen LogP contribution in [0.5, 0.6) is 0 Å². The van der Waals surface area contributed by atoms with Crippen LogP contribution in [-0.4, -0.2) is 61.7 Å². The highest BCUT2D eigenvalue weighted by atomic mass is 15.3. The lowest BCUT2D eigenvalue weighted by atomic mass is 9.97. The summed E-state index contributed by atoms with van der Waals surface area (Å²) < 4.78 is 0. The predicted molar refractivity (Wildman–Crippen MR) is 90.0 cm³/mol. The minimum atomic E-state index is 0.722. The molecule has 2 fully saturated rings. The van der Waals surface area contributed by atoms with Crippen LogP contribution in [0.25, 0.3) is 0 Å². The van der Waals surface area contributed by atoms with Crippen LogP contribution in [0, 0.1) is 12.8 Å². The maximum Gasteiger partial charge on any atom is 0.0367 e. The number of hydrogen-bond donors (Lipinski definition) is 0. The molecule has 2 aliphatic rings. The van der Waals surface area contributed by atoms with E-state index < -0.39 is 0 Å². The first-order valence-corrected chi connectivity index (χ1v) is 8.40. The van der Waals surface area contributed by atoms with E-state index in [9.17, 15) is 0 Å². The second-order valence-electron chi connectivity index (χ2n) is 7.04. The molecule has 1 aromatic rings. The van der Waals surface area contributed by atoms with E-state index in [1.807, 2.05) is 0 Å². The maximum atomic E-state index is 2.66. The van der Waals surface area contributed by atoms with Gasteiger partial charge in [-0.05, 0) is 38.8 Å². The SMILES string of the molecule is Cc1ccc(N2CCN(CC3CN(C(C)C)C3)CC2)cc1. The highest BCUT2D eigenvalue weighted by Crippen LogP contribution is 2.21. The number of nitrogens with zero attached hydrogens (tertiary/aromatic N) is 3. The Labute approximate surface area is 129 Å². The molecule has 2 heterocycles. The summed E-state index contributed by atoms with van der Waals surface area (Å²) in [7, 11) is 0. The molecule has 0 unspecified atom stereocenters. The quantitative estimate of drug-likeness (QED) is 0.842. The van der Waals surface area contributed by atoms with Gasteiger partial charge >= 0.3 is 0 Å². The molecule has 0 atom stereocenters. The van der Waals surface area contributed by atoms with Crippen molar-refractivity contribution in [2.75, 3.05) is 50.7 Å². The molecule has 2 saturated heterocycles. The van der Waals surface area contributed by atoms with E-state index in [1.54, 1.807) is 0 Å². The molecule has 3 heteroatoms. The number of likely N-dealkylation sites (tertiary alicyclic amines) is 1. The van der Waals surface area contributed by atoms with Gasteiger partial charge in [0, 0.05) is 57.5 Å². The molecule has 0 amide bonds. The van der Waals surface area contributed by atoms with Gasteiger partial charge in [0.15, 0.2) is 0 Å². The van der Waals surface area contributed by atoms with E-state index in [2.05, 4.69) is 59.7 Å². The van der Waals surface area contributed by atoms with Crippen molar-refractivity contribution in [1.29, 1.82) is 0 Å². The summed E-state index contributed by atoms with van der Waals surface area (Å²) in [6.07, 6.45) is 0. The molecular weight excluding hydrogens is 258 g/mol.